The minimum absolute atomic E-state index is 0.0930. The van der Waals surface area contributed by atoms with Crippen molar-refractivity contribution in [3.8, 4) is 0 Å². The topological polar surface area (TPSA) is 37.4 Å². The van der Waals surface area contributed by atoms with Gasteiger partial charge in [0, 0.05) is 5.56 Å². The molecular weight excluding hydrogens is 375 g/mol. The molecule has 0 heterocycles. The van der Waals surface area contributed by atoms with Crippen molar-refractivity contribution in [3.63, 3.8) is 0 Å². The summed E-state index contributed by atoms with van der Waals surface area (Å²) in [6.07, 6.45) is 0. The fraction of sp³-hybridized carbons (Fsp3) is 0.100. The average Bonchev–Trinajstić information content (AvgIpc) is 2.64. The Morgan fingerprint density at radius 3 is 1.93 bits per heavy atom. The molecule has 140 valence electrons. The van der Waals surface area contributed by atoms with Crippen molar-refractivity contribution >= 4 is 15.7 Å². The number of benzene rings is 3. The SMILES string of the molecule is C[C@H](c1ccccc1F)N(c1ccc(F)cc1)S(=O)(=O)c1ccccc1F. The molecule has 0 aliphatic rings. The zero-order valence-corrected chi connectivity index (χ0v) is 15.1. The summed E-state index contributed by atoms with van der Waals surface area (Å²) in [4.78, 5) is -0.544. The Morgan fingerprint density at radius 2 is 1.33 bits per heavy atom. The van der Waals surface area contributed by atoms with Crippen molar-refractivity contribution in [2.24, 2.45) is 0 Å². The second-order valence-corrected chi connectivity index (χ2v) is 7.69. The number of hydrogen-bond donors (Lipinski definition) is 0. The first-order valence-electron chi connectivity index (χ1n) is 8.11. The van der Waals surface area contributed by atoms with E-state index in [1.165, 1.54) is 49.4 Å². The van der Waals surface area contributed by atoms with Crippen molar-refractivity contribution in [2.45, 2.75) is 17.9 Å². The lowest BCUT2D eigenvalue weighted by Gasteiger charge is -2.31. The van der Waals surface area contributed by atoms with Crippen LogP contribution in [0.2, 0.25) is 0 Å². The molecule has 0 unspecified atom stereocenters. The normalized spacial score (nSPS) is 12.6. The first-order chi connectivity index (χ1) is 12.8. The third-order valence-electron chi connectivity index (χ3n) is 4.16. The van der Waals surface area contributed by atoms with Crippen LogP contribution in [0, 0.1) is 17.5 Å². The summed E-state index contributed by atoms with van der Waals surface area (Å²) in [5.74, 6) is -2.08. The molecule has 3 nitrogen and oxygen atoms in total. The zero-order chi connectivity index (χ0) is 19.6. The molecule has 0 amide bonds. The van der Waals surface area contributed by atoms with Gasteiger partial charge in [0.1, 0.15) is 22.3 Å². The molecule has 27 heavy (non-hydrogen) atoms. The first kappa shape index (κ1) is 19.0. The summed E-state index contributed by atoms with van der Waals surface area (Å²) in [6.45, 7) is 1.49. The highest BCUT2D eigenvalue weighted by Gasteiger charge is 2.33. The number of halogens is 3. The van der Waals surface area contributed by atoms with E-state index in [1.54, 1.807) is 6.07 Å². The quantitative estimate of drug-likeness (QED) is 0.610. The molecular formula is C20H16F3NO2S. The molecule has 3 rings (SSSR count). The van der Waals surface area contributed by atoms with Crippen LogP contribution in [0.4, 0.5) is 18.9 Å². The van der Waals surface area contributed by atoms with E-state index >= 15 is 0 Å². The summed E-state index contributed by atoms with van der Waals surface area (Å²) in [6, 6.07) is 14.4. The minimum atomic E-state index is -4.39. The van der Waals surface area contributed by atoms with Gasteiger partial charge < -0.3 is 0 Å². The molecule has 0 aromatic heterocycles. The third-order valence-corrected chi connectivity index (χ3v) is 6.09. The molecule has 3 aromatic carbocycles. The lowest BCUT2D eigenvalue weighted by Crippen LogP contribution is -2.34. The molecule has 1 atom stereocenters. The van der Waals surface area contributed by atoms with Gasteiger partial charge in [0.05, 0.1) is 11.7 Å². The summed E-state index contributed by atoms with van der Waals surface area (Å²) >= 11 is 0. The van der Waals surface area contributed by atoms with Crippen LogP contribution in [0.25, 0.3) is 0 Å². The molecule has 0 saturated heterocycles. The van der Waals surface area contributed by atoms with Gasteiger partial charge in [-0.2, -0.15) is 0 Å². The fourth-order valence-corrected chi connectivity index (χ4v) is 4.56. The Kier molecular flexibility index (Phi) is 5.23. The molecule has 0 N–H and O–H groups in total. The van der Waals surface area contributed by atoms with Crippen LogP contribution in [0.1, 0.15) is 18.5 Å². The van der Waals surface area contributed by atoms with Gasteiger partial charge in [-0.1, -0.05) is 30.3 Å². The van der Waals surface area contributed by atoms with Gasteiger partial charge in [0.15, 0.2) is 0 Å². The maximum atomic E-state index is 14.3. The Hall–Kier alpha value is -2.80. The Morgan fingerprint density at radius 1 is 0.778 bits per heavy atom. The maximum absolute atomic E-state index is 14.3. The van der Waals surface area contributed by atoms with E-state index in [-0.39, 0.29) is 11.3 Å². The van der Waals surface area contributed by atoms with Gasteiger partial charge in [-0.25, -0.2) is 21.6 Å². The van der Waals surface area contributed by atoms with Crippen LogP contribution in [-0.2, 0) is 10.0 Å². The largest absolute Gasteiger partial charge is 0.267 e. The van der Waals surface area contributed by atoms with Gasteiger partial charge in [0.2, 0.25) is 0 Å². The highest BCUT2D eigenvalue weighted by Crippen LogP contribution is 2.34. The second kappa shape index (κ2) is 7.44. The van der Waals surface area contributed by atoms with Crippen molar-refractivity contribution < 1.29 is 21.6 Å². The fourth-order valence-electron chi connectivity index (χ4n) is 2.86. The van der Waals surface area contributed by atoms with E-state index in [4.69, 9.17) is 0 Å². The Labute approximate surface area is 155 Å². The predicted molar refractivity (Wildman–Crippen MR) is 97.3 cm³/mol. The van der Waals surface area contributed by atoms with Crippen LogP contribution in [0.5, 0.6) is 0 Å². The molecule has 7 heteroatoms. The van der Waals surface area contributed by atoms with Gasteiger partial charge >= 0.3 is 0 Å². The smallest absolute Gasteiger partial charge is 0.259 e. The summed E-state index contributed by atoms with van der Waals surface area (Å²) in [5, 5.41) is 0. The van der Waals surface area contributed by atoms with Crippen molar-refractivity contribution in [3.05, 3.63) is 95.8 Å². The van der Waals surface area contributed by atoms with E-state index < -0.39 is 38.4 Å². The van der Waals surface area contributed by atoms with Gasteiger partial charge in [-0.05, 0) is 49.4 Å². The molecule has 0 aliphatic heterocycles. The van der Waals surface area contributed by atoms with Crippen LogP contribution in [0.15, 0.2) is 77.7 Å². The Bertz CT molecular complexity index is 1050. The van der Waals surface area contributed by atoms with E-state index in [1.807, 2.05) is 0 Å². The zero-order valence-electron chi connectivity index (χ0n) is 14.3. The van der Waals surface area contributed by atoms with Crippen LogP contribution < -0.4 is 4.31 Å². The molecule has 0 spiro atoms. The van der Waals surface area contributed by atoms with Gasteiger partial charge in [0.25, 0.3) is 10.0 Å². The number of rotatable bonds is 5. The van der Waals surface area contributed by atoms with E-state index in [0.29, 0.717) is 0 Å². The van der Waals surface area contributed by atoms with E-state index in [9.17, 15) is 21.6 Å². The monoisotopic (exact) mass is 391 g/mol. The second-order valence-electron chi connectivity index (χ2n) is 5.91. The van der Waals surface area contributed by atoms with Crippen LogP contribution >= 0.6 is 0 Å². The summed E-state index contributed by atoms with van der Waals surface area (Å²) in [5.41, 5.74) is 0.206. The molecule has 0 bridgehead atoms. The van der Waals surface area contributed by atoms with Crippen molar-refractivity contribution in [1.82, 2.24) is 0 Å². The lowest BCUT2D eigenvalue weighted by atomic mass is 10.1. The van der Waals surface area contributed by atoms with Crippen LogP contribution in [0.3, 0.4) is 0 Å². The highest BCUT2D eigenvalue weighted by atomic mass is 32.2. The number of sulfonamides is 1. The summed E-state index contributed by atoms with van der Waals surface area (Å²) < 4.78 is 69.2. The first-order valence-corrected chi connectivity index (χ1v) is 9.55. The molecule has 0 aliphatic carbocycles. The lowest BCUT2D eigenvalue weighted by molar-refractivity contribution is 0.552. The van der Waals surface area contributed by atoms with Crippen molar-refractivity contribution in [2.75, 3.05) is 4.31 Å². The number of hydrogen-bond acceptors (Lipinski definition) is 2. The predicted octanol–water partition coefficient (Wildman–Crippen LogP) is 5.06. The molecule has 3 aromatic rings. The standard InChI is InChI=1S/C20H16F3NO2S/c1-14(17-6-2-3-7-18(17)22)24(16-12-10-15(21)11-13-16)27(25,26)20-9-5-4-8-19(20)23/h2-14H,1H3/t14-/m1/s1. The van der Waals surface area contributed by atoms with E-state index in [2.05, 4.69) is 0 Å². The number of nitrogens with zero attached hydrogens (tertiary/aromatic N) is 1. The van der Waals surface area contributed by atoms with Gasteiger partial charge in [-0.3, -0.25) is 4.31 Å². The van der Waals surface area contributed by atoms with Gasteiger partial charge in [-0.15, -0.1) is 0 Å². The Balaban J connectivity index is 2.21. The highest BCUT2D eigenvalue weighted by molar-refractivity contribution is 7.92. The molecule has 0 fully saturated rings. The minimum Gasteiger partial charge on any atom is -0.259 e. The number of anilines is 1. The summed E-state index contributed by atoms with van der Waals surface area (Å²) in [7, 11) is -4.39. The molecule has 0 radical (unpaired) electrons. The van der Waals surface area contributed by atoms with E-state index in [0.717, 1.165) is 28.6 Å². The van der Waals surface area contributed by atoms with Crippen molar-refractivity contribution in [1.29, 1.82) is 0 Å². The van der Waals surface area contributed by atoms with Crippen LogP contribution in [-0.4, -0.2) is 8.42 Å². The third kappa shape index (κ3) is 3.68. The average molecular weight is 391 g/mol. The maximum Gasteiger partial charge on any atom is 0.267 e. The molecule has 0 saturated carbocycles.